The topological polar surface area (TPSA) is 79.7 Å². The van der Waals surface area contributed by atoms with E-state index in [9.17, 15) is 14.7 Å². The van der Waals surface area contributed by atoms with Gasteiger partial charge in [0, 0.05) is 17.1 Å². The molecule has 1 N–H and O–H groups in total. The number of ether oxygens (including phenoxy) is 1. The molecule has 0 aliphatic carbocycles. The molecule has 0 bridgehead atoms. The standard InChI is InChI=1S/C29H22N2O4/c32-27(20-13-14-24-19(17-20)9-6-16-35-24)25-26(22-11-3-4-15-30-22)31(29(34)28(25)33)23-12-5-8-18-7-1-2-10-21(18)23/h1-5,7-8,10-15,17,26,32H,6,9,16H2/b27-25+. The molecular weight excluding hydrogens is 440 g/mol. The summed E-state index contributed by atoms with van der Waals surface area (Å²) in [5.41, 5.74) is 2.57. The number of aliphatic hydroxyl groups is 1. The van der Waals surface area contributed by atoms with Crippen molar-refractivity contribution in [3.63, 3.8) is 0 Å². The van der Waals surface area contributed by atoms with Gasteiger partial charge in [0.05, 0.1) is 23.6 Å². The lowest BCUT2D eigenvalue weighted by molar-refractivity contribution is -0.132. The van der Waals surface area contributed by atoms with Gasteiger partial charge in [-0.05, 0) is 60.2 Å². The molecule has 1 amide bonds. The lowest BCUT2D eigenvalue weighted by atomic mass is 9.95. The normalized spacial score (nSPS) is 19.0. The van der Waals surface area contributed by atoms with Crippen LogP contribution in [0.4, 0.5) is 5.69 Å². The minimum absolute atomic E-state index is 0.0262. The molecule has 0 saturated carbocycles. The summed E-state index contributed by atoms with van der Waals surface area (Å²) in [4.78, 5) is 32.9. The second-order valence-corrected chi connectivity index (χ2v) is 8.70. The number of carbonyl (C=O) groups excluding carboxylic acids is 2. The number of benzene rings is 3. The van der Waals surface area contributed by atoms with Crippen LogP contribution in [0.2, 0.25) is 0 Å². The zero-order valence-corrected chi connectivity index (χ0v) is 18.8. The highest BCUT2D eigenvalue weighted by Crippen LogP contribution is 2.44. The van der Waals surface area contributed by atoms with Gasteiger partial charge >= 0.3 is 0 Å². The molecule has 0 radical (unpaired) electrons. The highest BCUT2D eigenvalue weighted by molar-refractivity contribution is 6.52. The molecule has 35 heavy (non-hydrogen) atoms. The van der Waals surface area contributed by atoms with Crippen molar-refractivity contribution in [2.24, 2.45) is 0 Å². The highest BCUT2D eigenvalue weighted by Gasteiger charge is 2.48. The van der Waals surface area contributed by atoms with Crippen LogP contribution in [0.5, 0.6) is 5.75 Å². The van der Waals surface area contributed by atoms with Crippen LogP contribution in [0.15, 0.2) is 90.6 Å². The number of aliphatic hydroxyl groups excluding tert-OH is 1. The molecular formula is C29H22N2O4. The van der Waals surface area contributed by atoms with Gasteiger partial charge in [0.15, 0.2) is 0 Å². The predicted octanol–water partition coefficient (Wildman–Crippen LogP) is 5.19. The van der Waals surface area contributed by atoms with Crippen molar-refractivity contribution in [1.29, 1.82) is 0 Å². The zero-order chi connectivity index (χ0) is 23.9. The molecule has 1 aromatic heterocycles. The third kappa shape index (κ3) is 3.46. The first-order valence-electron chi connectivity index (χ1n) is 11.6. The molecule has 172 valence electrons. The maximum Gasteiger partial charge on any atom is 0.300 e. The fraction of sp³-hybridized carbons (Fsp3) is 0.138. The number of Topliss-reactive ketones (excluding diaryl/α,β-unsaturated/α-hetero) is 1. The predicted molar refractivity (Wildman–Crippen MR) is 133 cm³/mol. The SMILES string of the molecule is O=C1C(=O)N(c2cccc3ccccc23)C(c2ccccn2)/C1=C(\O)c1ccc2c(c1)CCCO2. The molecule has 0 spiro atoms. The van der Waals surface area contributed by atoms with E-state index in [0.717, 1.165) is 34.9 Å². The number of ketones is 1. The Bertz CT molecular complexity index is 1500. The Morgan fingerprint density at radius 3 is 2.66 bits per heavy atom. The number of hydrogen-bond acceptors (Lipinski definition) is 5. The summed E-state index contributed by atoms with van der Waals surface area (Å²) >= 11 is 0. The molecule has 2 aliphatic rings. The number of pyridine rings is 1. The van der Waals surface area contributed by atoms with Crippen molar-refractivity contribution in [1.82, 2.24) is 4.98 Å². The molecule has 6 rings (SSSR count). The van der Waals surface area contributed by atoms with E-state index in [1.807, 2.05) is 54.6 Å². The maximum absolute atomic E-state index is 13.5. The average molecular weight is 463 g/mol. The Labute approximate surface area is 202 Å². The summed E-state index contributed by atoms with van der Waals surface area (Å²) in [6.07, 6.45) is 3.33. The highest BCUT2D eigenvalue weighted by atomic mass is 16.5. The van der Waals surface area contributed by atoms with Gasteiger partial charge in [0.25, 0.3) is 11.7 Å². The first-order chi connectivity index (χ1) is 17.1. The van der Waals surface area contributed by atoms with Crippen LogP contribution in [-0.2, 0) is 16.0 Å². The summed E-state index contributed by atoms with van der Waals surface area (Å²) in [7, 11) is 0. The Hall–Kier alpha value is -4.45. The molecule has 4 aromatic rings. The van der Waals surface area contributed by atoms with E-state index in [1.165, 1.54) is 4.90 Å². The second-order valence-electron chi connectivity index (χ2n) is 8.70. The molecule has 3 aromatic carbocycles. The van der Waals surface area contributed by atoms with E-state index < -0.39 is 17.7 Å². The number of rotatable bonds is 3. The van der Waals surface area contributed by atoms with Gasteiger partial charge in [0.2, 0.25) is 0 Å². The summed E-state index contributed by atoms with van der Waals surface area (Å²) in [6, 6.07) is 23.2. The van der Waals surface area contributed by atoms with E-state index in [-0.39, 0.29) is 11.3 Å². The van der Waals surface area contributed by atoms with Gasteiger partial charge in [0.1, 0.15) is 17.6 Å². The van der Waals surface area contributed by atoms with Gasteiger partial charge in [-0.25, -0.2) is 0 Å². The quantitative estimate of drug-likeness (QED) is 0.258. The van der Waals surface area contributed by atoms with Crippen molar-refractivity contribution in [2.75, 3.05) is 11.5 Å². The van der Waals surface area contributed by atoms with Crippen LogP contribution in [0.1, 0.15) is 29.3 Å². The Morgan fingerprint density at radius 1 is 0.971 bits per heavy atom. The number of aromatic nitrogens is 1. The lowest BCUT2D eigenvalue weighted by Gasteiger charge is -2.26. The average Bonchev–Trinajstić information content (AvgIpc) is 3.18. The lowest BCUT2D eigenvalue weighted by Crippen LogP contribution is -2.30. The maximum atomic E-state index is 13.5. The summed E-state index contributed by atoms with van der Waals surface area (Å²) < 4.78 is 5.69. The number of aryl methyl sites for hydroxylation is 1. The van der Waals surface area contributed by atoms with Crippen molar-refractivity contribution in [3.8, 4) is 5.75 Å². The minimum atomic E-state index is -0.866. The minimum Gasteiger partial charge on any atom is -0.507 e. The van der Waals surface area contributed by atoms with Crippen LogP contribution in [0.25, 0.3) is 16.5 Å². The first-order valence-corrected chi connectivity index (χ1v) is 11.6. The third-order valence-electron chi connectivity index (χ3n) is 6.62. The number of nitrogens with zero attached hydrogens (tertiary/aromatic N) is 2. The molecule has 1 atom stereocenters. The van der Waals surface area contributed by atoms with Crippen LogP contribution in [-0.4, -0.2) is 28.4 Å². The van der Waals surface area contributed by atoms with E-state index in [1.54, 1.807) is 30.5 Å². The number of carbonyl (C=O) groups is 2. The van der Waals surface area contributed by atoms with E-state index in [4.69, 9.17) is 4.74 Å². The molecule has 6 heteroatoms. The van der Waals surface area contributed by atoms with Gasteiger partial charge in [-0.2, -0.15) is 0 Å². The van der Waals surface area contributed by atoms with Gasteiger partial charge in [-0.15, -0.1) is 0 Å². The fourth-order valence-corrected chi connectivity index (χ4v) is 4.98. The van der Waals surface area contributed by atoms with Crippen molar-refractivity contribution in [2.45, 2.75) is 18.9 Å². The van der Waals surface area contributed by atoms with Crippen molar-refractivity contribution >= 4 is 33.9 Å². The summed E-state index contributed by atoms with van der Waals surface area (Å²) in [5, 5.41) is 13.2. The largest absolute Gasteiger partial charge is 0.507 e. The van der Waals surface area contributed by atoms with E-state index in [0.29, 0.717) is 23.6 Å². The molecule has 6 nitrogen and oxygen atoms in total. The second kappa shape index (κ2) is 8.40. The fourth-order valence-electron chi connectivity index (χ4n) is 4.98. The molecule has 1 fully saturated rings. The Balaban J connectivity index is 1.57. The van der Waals surface area contributed by atoms with Gasteiger partial charge < -0.3 is 9.84 Å². The van der Waals surface area contributed by atoms with E-state index >= 15 is 0 Å². The molecule has 3 heterocycles. The van der Waals surface area contributed by atoms with Crippen LogP contribution in [0, 0.1) is 0 Å². The van der Waals surface area contributed by atoms with E-state index in [2.05, 4.69) is 4.98 Å². The van der Waals surface area contributed by atoms with Crippen LogP contribution < -0.4 is 9.64 Å². The first kappa shape index (κ1) is 21.1. The van der Waals surface area contributed by atoms with Gasteiger partial charge in [-0.1, -0.05) is 42.5 Å². The molecule has 1 unspecified atom stereocenters. The van der Waals surface area contributed by atoms with Gasteiger partial charge in [-0.3, -0.25) is 19.5 Å². The van der Waals surface area contributed by atoms with Crippen LogP contribution >= 0.6 is 0 Å². The number of anilines is 1. The number of amides is 1. The van der Waals surface area contributed by atoms with Crippen molar-refractivity contribution in [3.05, 3.63) is 107 Å². The van der Waals surface area contributed by atoms with Crippen molar-refractivity contribution < 1.29 is 19.4 Å². The molecule has 2 aliphatic heterocycles. The molecule has 1 saturated heterocycles. The van der Waals surface area contributed by atoms with Crippen LogP contribution in [0.3, 0.4) is 0 Å². The summed E-state index contributed by atoms with van der Waals surface area (Å²) in [5.74, 6) is -0.861. The Kier molecular flexibility index (Phi) is 5.07. The summed E-state index contributed by atoms with van der Waals surface area (Å²) in [6.45, 7) is 0.661. The third-order valence-corrected chi connectivity index (χ3v) is 6.62. The monoisotopic (exact) mass is 462 g/mol. The number of fused-ring (bicyclic) bond motifs is 2. The Morgan fingerprint density at radius 2 is 1.80 bits per heavy atom. The smallest absolute Gasteiger partial charge is 0.300 e. The zero-order valence-electron chi connectivity index (χ0n) is 18.8. The number of hydrogen-bond donors (Lipinski definition) is 1.